The second-order valence-corrected chi connectivity index (χ2v) is 8.01. The third-order valence-electron chi connectivity index (χ3n) is 5.22. The van der Waals surface area contributed by atoms with E-state index in [0.717, 1.165) is 27.7 Å². The van der Waals surface area contributed by atoms with Gasteiger partial charge < -0.3 is 5.32 Å². The fraction of sp³-hybridized carbons (Fsp3) is 0.120. The molecule has 3 aromatic carbocycles. The van der Waals surface area contributed by atoms with Crippen LogP contribution in [0.15, 0.2) is 66.4 Å². The number of amides is 2. The standard InChI is InChI=1S/C25H20ClFN2O2/c1-14-4-7-17(8-5-14)28-23-22(19-10-6-15(2)12-16(19)3)24(30)29(25(23)31)18-9-11-21(27)20(26)13-18/h4-13,28H,1-3H3. The highest BCUT2D eigenvalue weighted by atomic mass is 35.5. The number of hydrogen-bond donors (Lipinski definition) is 1. The summed E-state index contributed by atoms with van der Waals surface area (Å²) in [6.07, 6.45) is 0. The predicted molar refractivity (Wildman–Crippen MR) is 122 cm³/mol. The van der Waals surface area contributed by atoms with Crippen LogP contribution in [0.2, 0.25) is 5.02 Å². The lowest BCUT2D eigenvalue weighted by molar-refractivity contribution is -0.120. The molecule has 6 heteroatoms. The number of aryl methyl sites for hydroxylation is 3. The Labute approximate surface area is 185 Å². The van der Waals surface area contributed by atoms with Gasteiger partial charge in [-0.2, -0.15) is 0 Å². The van der Waals surface area contributed by atoms with Crippen LogP contribution in [0.25, 0.3) is 5.57 Å². The number of imide groups is 1. The monoisotopic (exact) mass is 434 g/mol. The molecule has 0 aliphatic carbocycles. The summed E-state index contributed by atoms with van der Waals surface area (Å²) < 4.78 is 13.7. The highest BCUT2D eigenvalue weighted by Crippen LogP contribution is 2.36. The second-order valence-electron chi connectivity index (χ2n) is 7.60. The van der Waals surface area contributed by atoms with E-state index in [1.165, 1.54) is 12.1 Å². The molecule has 4 rings (SSSR count). The van der Waals surface area contributed by atoms with Crippen molar-refractivity contribution >= 4 is 40.4 Å². The maximum absolute atomic E-state index is 13.7. The Morgan fingerprint density at radius 1 is 0.839 bits per heavy atom. The maximum Gasteiger partial charge on any atom is 0.282 e. The molecule has 4 nitrogen and oxygen atoms in total. The summed E-state index contributed by atoms with van der Waals surface area (Å²) in [6, 6.07) is 17.0. The molecule has 0 fully saturated rings. The number of nitrogens with zero attached hydrogens (tertiary/aromatic N) is 1. The van der Waals surface area contributed by atoms with Crippen LogP contribution < -0.4 is 10.2 Å². The topological polar surface area (TPSA) is 49.4 Å². The summed E-state index contributed by atoms with van der Waals surface area (Å²) in [6.45, 7) is 5.83. The van der Waals surface area contributed by atoms with Crippen molar-refractivity contribution in [2.24, 2.45) is 0 Å². The van der Waals surface area contributed by atoms with Crippen LogP contribution in [0.1, 0.15) is 22.3 Å². The van der Waals surface area contributed by atoms with Crippen LogP contribution in [0.3, 0.4) is 0 Å². The summed E-state index contributed by atoms with van der Waals surface area (Å²) >= 11 is 5.91. The van der Waals surface area contributed by atoms with Gasteiger partial charge in [0.2, 0.25) is 0 Å². The molecule has 156 valence electrons. The van der Waals surface area contributed by atoms with E-state index in [4.69, 9.17) is 11.6 Å². The molecule has 0 saturated carbocycles. The molecule has 0 saturated heterocycles. The Hall–Kier alpha value is -3.44. The van der Waals surface area contributed by atoms with Crippen molar-refractivity contribution in [2.45, 2.75) is 20.8 Å². The number of carbonyl (C=O) groups is 2. The summed E-state index contributed by atoms with van der Waals surface area (Å²) in [5.41, 5.74) is 4.99. The number of hydrogen-bond acceptors (Lipinski definition) is 3. The first-order valence-electron chi connectivity index (χ1n) is 9.75. The summed E-state index contributed by atoms with van der Waals surface area (Å²) in [5.74, 6) is -1.64. The minimum absolute atomic E-state index is 0.161. The van der Waals surface area contributed by atoms with E-state index >= 15 is 0 Å². The average molecular weight is 435 g/mol. The molecule has 2 amide bonds. The lowest BCUT2D eigenvalue weighted by atomic mass is 9.97. The van der Waals surface area contributed by atoms with Crippen molar-refractivity contribution in [3.8, 4) is 0 Å². The third kappa shape index (κ3) is 3.84. The van der Waals surface area contributed by atoms with E-state index in [1.807, 2.05) is 63.2 Å². The number of benzene rings is 3. The molecule has 0 radical (unpaired) electrons. The van der Waals surface area contributed by atoms with Crippen molar-refractivity contribution in [3.05, 3.63) is 99.5 Å². The van der Waals surface area contributed by atoms with Crippen LogP contribution in [0.4, 0.5) is 15.8 Å². The minimum atomic E-state index is -0.620. The van der Waals surface area contributed by atoms with Gasteiger partial charge in [0.15, 0.2) is 0 Å². The van der Waals surface area contributed by atoms with Gasteiger partial charge in [-0.1, -0.05) is 53.1 Å². The van der Waals surface area contributed by atoms with Gasteiger partial charge in [-0.15, -0.1) is 0 Å². The molecule has 0 aromatic heterocycles. The van der Waals surface area contributed by atoms with Gasteiger partial charge in [0.1, 0.15) is 11.5 Å². The predicted octanol–water partition coefficient (Wildman–Crippen LogP) is 5.80. The number of nitrogens with one attached hydrogen (secondary N) is 1. The quantitative estimate of drug-likeness (QED) is 0.528. The van der Waals surface area contributed by atoms with Crippen molar-refractivity contribution in [1.82, 2.24) is 0 Å². The van der Waals surface area contributed by atoms with E-state index in [1.54, 1.807) is 0 Å². The van der Waals surface area contributed by atoms with Crippen molar-refractivity contribution in [3.63, 3.8) is 0 Å². The Balaban J connectivity index is 1.86. The summed E-state index contributed by atoms with van der Waals surface area (Å²) in [5, 5.41) is 2.96. The van der Waals surface area contributed by atoms with Crippen molar-refractivity contribution in [1.29, 1.82) is 0 Å². The molecule has 1 aliphatic heterocycles. The molecular weight excluding hydrogens is 415 g/mol. The first-order chi connectivity index (χ1) is 14.8. The number of rotatable bonds is 4. The number of halogens is 2. The Bertz CT molecular complexity index is 1250. The molecule has 1 N–H and O–H groups in total. The van der Waals surface area contributed by atoms with Gasteiger partial charge in [-0.05, 0) is 62.2 Å². The van der Waals surface area contributed by atoms with E-state index in [0.29, 0.717) is 11.3 Å². The Morgan fingerprint density at radius 2 is 1.52 bits per heavy atom. The van der Waals surface area contributed by atoms with Crippen LogP contribution in [-0.4, -0.2) is 11.8 Å². The largest absolute Gasteiger partial charge is 0.350 e. The zero-order valence-corrected chi connectivity index (χ0v) is 18.0. The van der Waals surface area contributed by atoms with Crippen LogP contribution in [0.5, 0.6) is 0 Å². The van der Waals surface area contributed by atoms with Crippen LogP contribution in [0, 0.1) is 26.6 Å². The molecule has 0 atom stereocenters. The molecule has 1 heterocycles. The molecule has 3 aromatic rings. The van der Waals surface area contributed by atoms with Gasteiger partial charge in [-0.3, -0.25) is 9.59 Å². The Morgan fingerprint density at radius 3 is 2.16 bits per heavy atom. The van der Waals surface area contributed by atoms with Gasteiger partial charge in [0, 0.05) is 5.69 Å². The molecule has 1 aliphatic rings. The highest BCUT2D eigenvalue weighted by molar-refractivity contribution is 6.46. The highest BCUT2D eigenvalue weighted by Gasteiger charge is 2.41. The lowest BCUT2D eigenvalue weighted by Gasteiger charge is -2.16. The fourth-order valence-electron chi connectivity index (χ4n) is 3.63. The Kier molecular flexibility index (Phi) is 5.38. The first-order valence-corrected chi connectivity index (χ1v) is 10.1. The SMILES string of the molecule is Cc1ccc(NC2=C(c3ccc(C)cc3C)C(=O)N(c3ccc(F)c(Cl)c3)C2=O)cc1. The van der Waals surface area contributed by atoms with Crippen molar-refractivity contribution < 1.29 is 14.0 Å². The lowest BCUT2D eigenvalue weighted by Crippen LogP contribution is -2.32. The van der Waals surface area contributed by atoms with E-state index in [9.17, 15) is 14.0 Å². The normalized spacial score (nSPS) is 13.9. The van der Waals surface area contributed by atoms with Gasteiger partial charge in [0.05, 0.1) is 16.3 Å². The molecule has 0 spiro atoms. The van der Waals surface area contributed by atoms with Gasteiger partial charge >= 0.3 is 0 Å². The number of anilines is 2. The van der Waals surface area contributed by atoms with Gasteiger partial charge in [0.25, 0.3) is 11.8 Å². The molecular formula is C25H20ClFN2O2. The molecule has 31 heavy (non-hydrogen) atoms. The van der Waals surface area contributed by atoms with Crippen LogP contribution >= 0.6 is 11.6 Å². The van der Waals surface area contributed by atoms with E-state index in [-0.39, 0.29) is 22.0 Å². The summed E-state index contributed by atoms with van der Waals surface area (Å²) in [7, 11) is 0. The van der Waals surface area contributed by atoms with Gasteiger partial charge in [-0.25, -0.2) is 9.29 Å². The van der Waals surface area contributed by atoms with Crippen molar-refractivity contribution in [2.75, 3.05) is 10.2 Å². The average Bonchev–Trinajstić information content (AvgIpc) is 2.96. The first kappa shape index (κ1) is 20.8. The second kappa shape index (κ2) is 8.00. The minimum Gasteiger partial charge on any atom is -0.350 e. The smallest absolute Gasteiger partial charge is 0.282 e. The molecule has 0 bridgehead atoms. The van der Waals surface area contributed by atoms with E-state index in [2.05, 4.69) is 5.32 Å². The zero-order chi connectivity index (χ0) is 22.3. The third-order valence-corrected chi connectivity index (χ3v) is 5.51. The zero-order valence-electron chi connectivity index (χ0n) is 17.3. The summed E-state index contributed by atoms with van der Waals surface area (Å²) in [4.78, 5) is 27.9. The fourth-order valence-corrected chi connectivity index (χ4v) is 3.80. The maximum atomic E-state index is 13.7. The number of carbonyl (C=O) groups excluding carboxylic acids is 2. The molecule has 0 unspecified atom stereocenters. The van der Waals surface area contributed by atoms with Crippen LogP contribution in [-0.2, 0) is 9.59 Å². The van der Waals surface area contributed by atoms with E-state index < -0.39 is 17.6 Å².